The molecule has 6 heteroatoms. The molecule has 0 bridgehead atoms. The molecule has 1 amide bonds. The van der Waals surface area contributed by atoms with Gasteiger partial charge in [-0.2, -0.15) is 5.26 Å². The van der Waals surface area contributed by atoms with Crippen LogP contribution in [0.25, 0.3) is 11.0 Å². The molecule has 3 rings (SSSR count). The van der Waals surface area contributed by atoms with Crippen LogP contribution in [0.5, 0.6) is 0 Å². The molecule has 1 aliphatic rings. The van der Waals surface area contributed by atoms with Crippen LogP contribution in [-0.2, 0) is 4.79 Å². The van der Waals surface area contributed by atoms with Crippen LogP contribution < -0.4 is 5.32 Å². The summed E-state index contributed by atoms with van der Waals surface area (Å²) in [5, 5.41) is 22.1. The molecule has 1 atom stereocenters. The van der Waals surface area contributed by atoms with Gasteiger partial charge in [0.15, 0.2) is 0 Å². The van der Waals surface area contributed by atoms with Crippen LogP contribution in [0, 0.1) is 17.2 Å². The Labute approximate surface area is 141 Å². The van der Waals surface area contributed by atoms with Gasteiger partial charge in [-0.1, -0.05) is 6.92 Å². The first-order valence-electron chi connectivity index (χ1n) is 8.26. The van der Waals surface area contributed by atoms with Gasteiger partial charge in [0.25, 0.3) is 0 Å². The van der Waals surface area contributed by atoms with E-state index >= 15 is 0 Å². The Morgan fingerprint density at radius 1 is 1.50 bits per heavy atom. The second kappa shape index (κ2) is 5.91. The van der Waals surface area contributed by atoms with Gasteiger partial charge >= 0.3 is 0 Å². The quantitative estimate of drug-likeness (QED) is 0.903. The van der Waals surface area contributed by atoms with E-state index in [1.54, 1.807) is 32.9 Å². The van der Waals surface area contributed by atoms with Gasteiger partial charge in [0.2, 0.25) is 11.9 Å². The van der Waals surface area contributed by atoms with E-state index in [1.807, 2.05) is 10.6 Å². The third kappa shape index (κ3) is 2.87. The smallest absolute Gasteiger partial charge is 0.232 e. The highest BCUT2D eigenvalue weighted by atomic mass is 16.3. The summed E-state index contributed by atoms with van der Waals surface area (Å²) < 4.78 is 2.02. The van der Waals surface area contributed by atoms with Crippen LogP contribution in [0.2, 0.25) is 0 Å². The molecular weight excluding hydrogens is 304 g/mol. The summed E-state index contributed by atoms with van der Waals surface area (Å²) in [5.74, 6) is -0.341. The molecule has 24 heavy (non-hydrogen) atoms. The summed E-state index contributed by atoms with van der Waals surface area (Å²) in [7, 11) is 0. The van der Waals surface area contributed by atoms with Crippen molar-refractivity contribution in [3.05, 3.63) is 23.8 Å². The van der Waals surface area contributed by atoms with Crippen molar-refractivity contribution in [2.24, 2.45) is 5.92 Å². The molecule has 2 N–H and O–H groups in total. The van der Waals surface area contributed by atoms with Crippen LogP contribution in [-0.4, -0.2) is 26.2 Å². The number of imidazole rings is 1. The lowest BCUT2D eigenvalue weighted by Gasteiger charge is -2.30. The lowest BCUT2D eigenvalue weighted by molar-refractivity contribution is -0.126. The second-order valence-electron chi connectivity index (χ2n) is 7.07. The number of rotatable bonds is 4. The monoisotopic (exact) mass is 326 g/mol. The van der Waals surface area contributed by atoms with Gasteiger partial charge in [-0.15, -0.1) is 0 Å². The van der Waals surface area contributed by atoms with Gasteiger partial charge in [0, 0.05) is 6.04 Å². The largest absolute Gasteiger partial charge is 0.390 e. The second-order valence-corrected chi connectivity index (χ2v) is 7.07. The average Bonchev–Trinajstić information content (AvgIpc) is 2.81. The molecule has 126 valence electrons. The first kappa shape index (κ1) is 16.5. The van der Waals surface area contributed by atoms with Crippen LogP contribution >= 0.6 is 0 Å². The van der Waals surface area contributed by atoms with E-state index in [1.165, 1.54) is 0 Å². The van der Waals surface area contributed by atoms with Crippen molar-refractivity contribution < 1.29 is 9.90 Å². The van der Waals surface area contributed by atoms with Crippen molar-refractivity contribution in [3.8, 4) is 6.07 Å². The van der Waals surface area contributed by atoms with Gasteiger partial charge in [0.05, 0.1) is 34.2 Å². The van der Waals surface area contributed by atoms with Crippen LogP contribution in [0.3, 0.4) is 0 Å². The molecule has 1 fully saturated rings. The Morgan fingerprint density at radius 3 is 2.75 bits per heavy atom. The third-order valence-corrected chi connectivity index (χ3v) is 4.95. The lowest BCUT2D eigenvalue weighted by Crippen LogP contribution is -2.38. The Balaban J connectivity index is 2.01. The number of anilines is 1. The van der Waals surface area contributed by atoms with Crippen molar-refractivity contribution in [1.29, 1.82) is 5.26 Å². The number of carbonyl (C=O) groups excluding carboxylic acids is 1. The molecule has 2 aromatic rings. The molecule has 6 nitrogen and oxygen atoms in total. The zero-order chi connectivity index (χ0) is 17.5. The lowest BCUT2D eigenvalue weighted by atomic mass is 9.92. The van der Waals surface area contributed by atoms with E-state index in [0.717, 1.165) is 30.3 Å². The highest BCUT2D eigenvalue weighted by molar-refractivity contribution is 5.93. The van der Waals surface area contributed by atoms with E-state index in [9.17, 15) is 9.90 Å². The number of nitrogens with one attached hydrogen (secondary N) is 1. The molecule has 1 saturated carbocycles. The highest BCUT2D eigenvalue weighted by Crippen LogP contribution is 2.37. The minimum Gasteiger partial charge on any atom is -0.390 e. The van der Waals surface area contributed by atoms with Crippen molar-refractivity contribution in [3.63, 3.8) is 0 Å². The first-order chi connectivity index (χ1) is 11.3. The topological polar surface area (TPSA) is 90.9 Å². The number of benzene rings is 1. The molecule has 1 aliphatic carbocycles. The first-order valence-corrected chi connectivity index (χ1v) is 8.26. The van der Waals surface area contributed by atoms with Gasteiger partial charge < -0.3 is 9.67 Å². The summed E-state index contributed by atoms with van der Waals surface area (Å²) in [6, 6.07) is 7.78. The van der Waals surface area contributed by atoms with Crippen LogP contribution in [0.1, 0.15) is 51.6 Å². The van der Waals surface area contributed by atoms with Crippen LogP contribution in [0.15, 0.2) is 18.2 Å². The number of nitriles is 1. The molecule has 0 unspecified atom stereocenters. The number of carbonyl (C=O) groups is 1. The van der Waals surface area contributed by atoms with E-state index in [0.29, 0.717) is 11.5 Å². The number of aromatic nitrogens is 2. The maximum absolute atomic E-state index is 12.5. The van der Waals surface area contributed by atoms with Crippen molar-refractivity contribution in [2.75, 3.05) is 5.32 Å². The van der Waals surface area contributed by atoms with E-state index in [2.05, 4.69) is 16.4 Å². The molecule has 1 heterocycles. The number of amides is 1. The maximum Gasteiger partial charge on any atom is 0.232 e. The summed E-state index contributed by atoms with van der Waals surface area (Å²) in [5.41, 5.74) is 1.09. The zero-order valence-corrected chi connectivity index (χ0v) is 14.2. The number of aliphatic hydroxyl groups is 1. The average molecular weight is 326 g/mol. The van der Waals surface area contributed by atoms with Gasteiger partial charge in [-0.3, -0.25) is 10.1 Å². The minimum absolute atomic E-state index is 0.265. The van der Waals surface area contributed by atoms with E-state index in [4.69, 9.17) is 5.26 Å². The fourth-order valence-electron chi connectivity index (χ4n) is 2.80. The summed E-state index contributed by atoms with van der Waals surface area (Å²) in [4.78, 5) is 17.0. The number of nitrogens with zero attached hydrogens (tertiary/aromatic N) is 3. The fourth-order valence-corrected chi connectivity index (χ4v) is 2.80. The SMILES string of the molecule is C[C@H](C(=O)Nc1nc2ccc(C#N)cc2n1C1CCC1)C(C)(C)O. The number of hydrogen-bond donors (Lipinski definition) is 2. The standard InChI is InChI=1S/C18H22N4O2/c1-11(18(2,3)24)16(23)21-17-20-14-8-7-12(10-19)9-15(14)22(17)13-5-4-6-13/h7-9,11,13,24H,4-6H2,1-3H3,(H,20,21,23)/t11-/m1/s1. The van der Waals surface area contributed by atoms with Gasteiger partial charge in [-0.25, -0.2) is 4.98 Å². The molecule has 0 radical (unpaired) electrons. The molecule has 0 aliphatic heterocycles. The minimum atomic E-state index is -1.11. The predicted molar refractivity (Wildman–Crippen MR) is 91.4 cm³/mol. The number of hydrogen-bond acceptors (Lipinski definition) is 4. The number of fused-ring (bicyclic) bond motifs is 1. The van der Waals surface area contributed by atoms with Gasteiger partial charge in [0.1, 0.15) is 0 Å². The Morgan fingerprint density at radius 2 is 2.21 bits per heavy atom. The third-order valence-electron chi connectivity index (χ3n) is 4.95. The Kier molecular flexibility index (Phi) is 4.06. The normalized spacial score (nSPS) is 16.5. The maximum atomic E-state index is 12.5. The summed E-state index contributed by atoms with van der Waals surface area (Å²) in [6.07, 6.45) is 3.22. The van der Waals surface area contributed by atoms with Crippen molar-refractivity contribution in [1.82, 2.24) is 9.55 Å². The highest BCUT2D eigenvalue weighted by Gasteiger charge is 2.31. The summed E-state index contributed by atoms with van der Waals surface area (Å²) in [6.45, 7) is 4.93. The molecule has 1 aromatic carbocycles. The summed E-state index contributed by atoms with van der Waals surface area (Å²) >= 11 is 0. The van der Waals surface area contributed by atoms with Gasteiger partial charge in [-0.05, 0) is 51.3 Å². The molecule has 0 spiro atoms. The van der Waals surface area contributed by atoms with E-state index in [-0.39, 0.29) is 11.9 Å². The van der Waals surface area contributed by atoms with E-state index < -0.39 is 11.5 Å². The molecular formula is C18H22N4O2. The van der Waals surface area contributed by atoms with Crippen LogP contribution in [0.4, 0.5) is 5.95 Å². The fraction of sp³-hybridized carbons (Fsp3) is 0.500. The zero-order valence-electron chi connectivity index (χ0n) is 14.2. The molecule has 0 saturated heterocycles. The van der Waals surface area contributed by atoms with Crippen molar-refractivity contribution >= 4 is 22.9 Å². The Hall–Kier alpha value is -2.39. The Bertz CT molecular complexity index is 822. The van der Waals surface area contributed by atoms with Crippen molar-refractivity contribution in [2.45, 2.75) is 51.7 Å². The predicted octanol–water partition coefficient (Wildman–Crippen LogP) is 2.98. The molecule has 1 aromatic heterocycles.